The predicted molar refractivity (Wildman–Crippen MR) is 149 cm³/mol. The fourth-order valence-electron chi connectivity index (χ4n) is 3.57. The number of ether oxygens (including phenoxy) is 1. The Kier molecular flexibility index (Phi) is 8.33. The highest BCUT2D eigenvalue weighted by Crippen LogP contribution is 2.27. The first-order chi connectivity index (χ1) is 17.7. The van der Waals surface area contributed by atoms with Gasteiger partial charge in [-0.25, -0.2) is 13.8 Å². The van der Waals surface area contributed by atoms with Crippen LogP contribution in [0, 0.1) is 0 Å². The summed E-state index contributed by atoms with van der Waals surface area (Å²) in [6, 6.07) is 25.9. The number of hydrogen-bond acceptors (Lipinski definition) is 5. The number of anilines is 1. The molecule has 0 radical (unpaired) electrons. The molecule has 0 unspecified atom stereocenters. The van der Waals surface area contributed by atoms with Gasteiger partial charge in [0.05, 0.1) is 18.2 Å². The SMILES string of the molecule is CS(=O)(=O)N(CC(=O)N/N=C\c1ccc(OCc2ccc3ccccc3c2)cc1)c1cc(Cl)cc(Cl)c1. The molecule has 1 amide bonds. The lowest BCUT2D eigenvalue weighted by Crippen LogP contribution is -2.39. The molecule has 0 fully saturated rings. The number of sulfonamides is 1. The Morgan fingerprint density at radius 1 is 0.946 bits per heavy atom. The average molecular weight is 556 g/mol. The standard InChI is InChI=1S/C27H23Cl2N3O4S/c1-37(34,35)32(25-14-23(28)13-24(29)15-25)17-27(33)31-30-16-19-7-10-26(11-8-19)36-18-20-6-9-21-4-2-3-5-22(21)12-20/h2-16H,17-18H2,1H3,(H,31,33)/b30-16-. The van der Waals surface area contributed by atoms with E-state index in [1.165, 1.54) is 29.8 Å². The van der Waals surface area contributed by atoms with E-state index in [-0.39, 0.29) is 15.7 Å². The van der Waals surface area contributed by atoms with E-state index in [0.717, 1.165) is 27.1 Å². The molecule has 37 heavy (non-hydrogen) atoms. The lowest BCUT2D eigenvalue weighted by Gasteiger charge is -2.21. The molecule has 0 heterocycles. The summed E-state index contributed by atoms with van der Waals surface area (Å²) < 4.78 is 31.2. The number of nitrogens with zero attached hydrogens (tertiary/aromatic N) is 2. The van der Waals surface area contributed by atoms with Crippen LogP contribution < -0.4 is 14.5 Å². The molecule has 0 aliphatic heterocycles. The van der Waals surface area contributed by atoms with E-state index in [2.05, 4.69) is 34.8 Å². The van der Waals surface area contributed by atoms with Gasteiger partial charge in [-0.05, 0) is 70.4 Å². The molecule has 0 aliphatic rings. The molecule has 10 heteroatoms. The molecule has 0 atom stereocenters. The first-order valence-electron chi connectivity index (χ1n) is 11.1. The number of amides is 1. The first kappa shape index (κ1) is 26.5. The van der Waals surface area contributed by atoms with Crippen molar-refractivity contribution >= 4 is 61.8 Å². The van der Waals surface area contributed by atoms with Crippen LogP contribution in [-0.2, 0) is 21.4 Å². The maximum absolute atomic E-state index is 12.4. The van der Waals surface area contributed by atoms with Crippen LogP contribution in [0.25, 0.3) is 10.8 Å². The van der Waals surface area contributed by atoms with E-state index in [9.17, 15) is 13.2 Å². The van der Waals surface area contributed by atoms with Crippen LogP contribution >= 0.6 is 23.2 Å². The predicted octanol–water partition coefficient (Wildman–Crippen LogP) is 5.64. The lowest BCUT2D eigenvalue weighted by molar-refractivity contribution is -0.119. The molecule has 7 nitrogen and oxygen atoms in total. The zero-order valence-corrected chi connectivity index (χ0v) is 22.1. The van der Waals surface area contributed by atoms with E-state index in [1.54, 1.807) is 24.3 Å². The molecule has 4 rings (SSSR count). The fraction of sp³-hybridized carbons (Fsp3) is 0.111. The fourth-order valence-corrected chi connectivity index (χ4v) is 4.93. The number of carbonyl (C=O) groups is 1. The van der Waals surface area contributed by atoms with Gasteiger partial charge < -0.3 is 4.74 Å². The molecule has 0 aliphatic carbocycles. The molecule has 0 spiro atoms. The molecule has 0 aromatic heterocycles. The number of nitrogens with one attached hydrogen (secondary N) is 1. The van der Waals surface area contributed by atoms with Crippen LogP contribution in [0.5, 0.6) is 5.75 Å². The summed E-state index contributed by atoms with van der Waals surface area (Å²) in [6.07, 6.45) is 2.44. The van der Waals surface area contributed by atoms with E-state index >= 15 is 0 Å². The van der Waals surface area contributed by atoms with Gasteiger partial charge in [-0.1, -0.05) is 59.6 Å². The summed E-state index contributed by atoms with van der Waals surface area (Å²) in [7, 11) is -3.78. The van der Waals surface area contributed by atoms with Crippen molar-refractivity contribution in [3.05, 3.63) is 106 Å². The normalized spacial score (nSPS) is 11.5. The van der Waals surface area contributed by atoms with Crippen LogP contribution in [0.2, 0.25) is 10.0 Å². The second-order valence-electron chi connectivity index (χ2n) is 8.23. The number of carbonyl (C=O) groups excluding carboxylic acids is 1. The van der Waals surface area contributed by atoms with E-state index < -0.39 is 22.5 Å². The van der Waals surface area contributed by atoms with Crippen LogP contribution in [0.3, 0.4) is 0 Å². The molecule has 190 valence electrons. The highest BCUT2D eigenvalue weighted by Gasteiger charge is 2.21. The van der Waals surface area contributed by atoms with Crippen molar-refractivity contribution in [2.75, 3.05) is 17.1 Å². The van der Waals surface area contributed by atoms with Crippen molar-refractivity contribution in [3.63, 3.8) is 0 Å². The molecule has 0 saturated carbocycles. The van der Waals surface area contributed by atoms with Crippen molar-refractivity contribution in [1.82, 2.24) is 5.43 Å². The lowest BCUT2D eigenvalue weighted by atomic mass is 10.1. The average Bonchev–Trinajstić information content (AvgIpc) is 2.85. The Balaban J connectivity index is 1.32. The molecule has 0 saturated heterocycles. The van der Waals surface area contributed by atoms with Crippen molar-refractivity contribution in [2.24, 2.45) is 5.10 Å². The monoisotopic (exact) mass is 555 g/mol. The topological polar surface area (TPSA) is 88.1 Å². The van der Waals surface area contributed by atoms with E-state index in [4.69, 9.17) is 27.9 Å². The number of rotatable bonds is 9. The van der Waals surface area contributed by atoms with Crippen LogP contribution in [0.1, 0.15) is 11.1 Å². The highest BCUT2D eigenvalue weighted by molar-refractivity contribution is 7.92. The van der Waals surface area contributed by atoms with Crippen LogP contribution in [0.4, 0.5) is 5.69 Å². The van der Waals surface area contributed by atoms with Crippen molar-refractivity contribution in [1.29, 1.82) is 0 Å². The summed E-state index contributed by atoms with van der Waals surface area (Å²) in [5, 5.41) is 6.76. The van der Waals surface area contributed by atoms with Gasteiger partial charge in [0.2, 0.25) is 10.0 Å². The number of halogens is 2. The van der Waals surface area contributed by atoms with Gasteiger partial charge >= 0.3 is 0 Å². The third-order valence-corrected chi connectivity index (χ3v) is 6.90. The van der Waals surface area contributed by atoms with Gasteiger partial charge in [0.1, 0.15) is 18.9 Å². The molecule has 0 bridgehead atoms. The zero-order chi connectivity index (χ0) is 26.4. The van der Waals surface area contributed by atoms with Crippen molar-refractivity contribution in [2.45, 2.75) is 6.61 Å². The number of benzene rings is 4. The van der Waals surface area contributed by atoms with Gasteiger partial charge in [0.25, 0.3) is 5.91 Å². The van der Waals surface area contributed by atoms with Gasteiger partial charge in [-0.3, -0.25) is 9.10 Å². The first-order valence-corrected chi connectivity index (χ1v) is 13.7. The zero-order valence-electron chi connectivity index (χ0n) is 19.8. The smallest absolute Gasteiger partial charge is 0.260 e. The molecule has 4 aromatic carbocycles. The van der Waals surface area contributed by atoms with Crippen molar-refractivity contribution < 1.29 is 17.9 Å². The molecular formula is C27H23Cl2N3O4S. The Bertz CT molecular complexity index is 1540. The summed E-state index contributed by atoms with van der Waals surface area (Å²) in [5.74, 6) is 0.0615. The minimum absolute atomic E-state index is 0.179. The highest BCUT2D eigenvalue weighted by atomic mass is 35.5. The van der Waals surface area contributed by atoms with E-state index in [0.29, 0.717) is 12.4 Å². The maximum Gasteiger partial charge on any atom is 0.260 e. The van der Waals surface area contributed by atoms with Crippen LogP contribution in [0.15, 0.2) is 90.0 Å². The summed E-state index contributed by atoms with van der Waals surface area (Å²) >= 11 is 12.0. The van der Waals surface area contributed by atoms with Crippen LogP contribution in [-0.4, -0.2) is 33.3 Å². The number of hydrogen-bond donors (Lipinski definition) is 1. The molecule has 4 aromatic rings. The second-order valence-corrected chi connectivity index (χ2v) is 11.0. The molecular weight excluding hydrogens is 533 g/mol. The molecule has 1 N–H and O–H groups in total. The minimum atomic E-state index is -3.78. The largest absolute Gasteiger partial charge is 0.489 e. The third-order valence-electron chi connectivity index (χ3n) is 5.33. The summed E-state index contributed by atoms with van der Waals surface area (Å²) in [6.45, 7) is -0.0581. The Morgan fingerprint density at radius 2 is 1.62 bits per heavy atom. The van der Waals surface area contributed by atoms with E-state index in [1.807, 2.05) is 18.2 Å². The Hall–Kier alpha value is -3.59. The number of hydrazone groups is 1. The quantitative estimate of drug-likeness (QED) is 0.214. The third kappa shape index (κ3) is 7.45. The second kappa shape index (κ2) is 11.6. The minimum Gasteiger partial charge on any atom is -0.489 e. The van der Waals surface area contributed by atoms with Gasteiger partial charge in [-0.2, -0.15) is 5.10 Å². The maximum atomic E-state index is 12.4. The van der Waals surface area contributed by atoms with Gasteiger partial charge in [0.15, 0.2) is 0 Å². The number of fused-ring (bicyclic) bond motifs is 1. The van der Waals surface area contributed by atoms with Crippen molar-refractivity contribution in [3.8, 4) is 5.75 Å². The Labute approximate surface area is 225 Å². The summed E-state index contributed by atoms with van der Waals surface area (Å²) in [4.78, 5) is 12.4. The van der Waals surface area contributed by atoms with Gasteiger partial charge in [0, 0.05) is 10.0 Å². The van der Waals surface area contributed by atoms with Gasteiger partial charge in [-0.15, -0.1) is 0 Å². The summed E-state index contributed by atoms with van der Waals surface area (Å²) in [5.41, 5.74) is 4.30. The Morgan fingerprint density at radius 3 is 2.30 bits per heavy atom.